The summed E-state index contributed by atoms with van der Waals surface area (Å²) >= 11 is 0. The molecule has 1 atom stereocenters. The molecule has 0 heterocycles. The summed E-state index contributed by atoms with van der Waals surface area (Å²) in [7, 11) is -3.75. The van der Waals surface area contributed by atoms with Crippen LogP contribution in [0, 0.1) is 19.8 Å². The molecule has 1 aromatic carbocycles. The Balaban J connectivity index is 3.01. The van der Waals surface area contributed by atoms with Gasteiger partial charge in [0.2, 0.25) is 10.0 Å². The summed E-state index contributed by atoms with van der Waals surface area (Å²) < 4.78 is 27.4. The first kappa shape index (κ1) is 17.9. The van der Waals surface area contributed by atoms with E-state index in [-0.39, 0.29) is 23.0 Å². The first-order chi connectivity index (χ1) is 9.46. The highest BCUT2D eigenvalue weighted by Crippen LogP contribution is 2.25. The lowest BCUT2D eigenvalue weighted by molar-refractivity contribution is 0.0437. The van der Waals surface area contributed by atoms with Crippen molar-refractivity contribution in [3.05, 3.63) is 23.3 Å². The molecular formula is C15H26N2O3S. The predicted octanol–water partition coefficient (Wildman–Crippen LogP) is 1.96. The quantitative estimate of drug-likeness (QED) is 0.700. The van der Waals surface area contributed by atoms with Gasteiger partial charge < -0.3 is 10.8 Å². The molecular weight excluding hydrogens is 288 g/mol. The number of aryl methyl sites for hydroxylation is 1. The molecule has 0 aromatic heterocycles. The first-order valence-corrected chi connectivity index (χ1v) is 8.52. The minimum absolute atomic E-state index is 0.0413. The van der Waals surface area contributed by atoms with E-state index < -0.39 is 15.6 Å². The van der Waals surface area contributed by atoms with Crippen LogP contribution in [0.1, 0.15) is 38.3 Å². The van der Waals surface area contributed by atoms with Crippen molar-refractivity contribution in [1.82, 2.24) is 4.72 Å². The number of anilines is 1. The van der Waals surface area contributed by atoms with Crippen LogP contribution in [0.25, 0.3) is 0 Å². The monoisotopic (exact) mass is 314 g/mol. The highest BCUT2D eigenvalue weighted by atomic mass is 32.2. The van der Waals surface area contributed by atoms with Crippen molar-refractivity contribution >= 4 is 15.7 Å². The van der Waals surface area contributed by atoms with E-state index in [0.29, 0.717) is 12.0 Å². The number of nitrogens with one attached hydrogen (secondary N) is 1. The van der Waals surface area contributed by atoms with Gasteiger partial charge in [0.15, 0.2) is 0 Å². The van der Waals surface area contributed by atoms with Crippen LogP contribution in [0.15, 0.2) is 17.0 Å². The molecule has 1 unspecified atom stereocenters. The van der Waals surface area contributed by atoms with Crippen LogP contribution in [-0.4, -0.2) is 25.7 Å². The number of sulfonamides is 1. The average Bonchev–Trinajstić information content (AvgIpc) is 2.30. The summed E-state index contributed by atoms with van der Waals surface area (Å²) in [5, 5.41) is 10.2. The van der Waals surface area contributed by atoms with E-state index in [0.717, 1.165) is 5.56 Å². The molecule has 6 heteroatoms. The topological polar surface area (TPSA) is 92.4 Å². The standard InChI is InChI=1S/C15H26N2O3S/c1-10(2)8-15(5,18)9-17-21(19,20)14-12(4)11(3)6-7-13(14)16/h6-7,10,17-18H,8-9,16H2,1-5H3. The third-order valence-corrected chi connectivity index (χ3v) is 5.07. The fourth-order valence-electron chi connectivity index (χ4n) is 2.44. The number of nitrogens with two attached hydrogens (primary N) is 1. The van der Waals surface area contributed by atoms with E-state index in [1.165, 1.54) is 0 Å². The van der Waals surface area contributed by atoms with E-state index in [4.69, 9.17) is 5.73 Å². The fourth-order valence-corrected chi connectivity index (χ4v) is 4.03. The van der Waals surface area contributed by atoms with Crippen LogP contribution in [0.4, 0.5) is 5.69 Å². The molecule has 0 radical (unpaired) electrons. The van der Waals surface area contributed by atoms with Crippen molar-refractivity contribution in [2.24, 2.45) is 5.92 Å². The SMILES string of the molecule is Cc1ccc(N)c(S(=O)(=O)NCC(C)(O)CC(C)C)c1C. The molecule has 0 saturated carbocycles. The largest absolute Gasteiger partial charge is 0.398 e. The molecule has 120 valence electrons. The lowest BCUT2D eigenvalue weighted by atomic mass is 9.95. The molecule has 0 spiro atoms. The maximum Gasteiger partial charge on any atom is 0.242 e. The van der Waals surface area contributed by atoms with Gasteiger partial charge >= 0.3 is 0 Å². The molecule has 0 aliphatic heterocycles. The number of hydrogen-bond acceptors (Lipinski definition) is 4. The molecule has 0 saturated heterocycles. The Labute approximate surface area is 127 Å². The maximum absolute atomic E-state index is 12.5. The van der Waals surface area contributed by atoms with Crippen molar-refractivity contribution in [2.75, 3.05) is 12.3 Å². The fraction of sp³-hybridized carbons (Fsp3) is 0.600. The van der Waals surface area contributed by atoms with Crippen LogP contribution in [0.3, 0.4) is 0 Å². The summed E-state index contributed by atoms with van der Waals surface area (Å²) in [6, 6.07) is 3.38. The second kappa shape index (κ2) is 6.34. The van der Waals surface area contributed by atoms with E-state index >= 15 is 0 Å². The molecule has 0 aliphatic carbocycles. The number of benzene rings is 1. The van der Waals surface area contributed by atoms with Crippen LogP contribution in [-0.2, 0) is 10.0 Å². The van der Waals surface area contributed by atoms with Gasteiger partial charge in [-0.05, 0) is 50.3 Å². The van der Waals surface area contributed by atoms with Gasteiger partial charge in [-0.15, -0.1) is 0 Å². The van der Waals surface area contributed by atoms with Crippen molar-refractivity contribution in [3.8, 4) is 0 Å². The van der Waals surface area contributed by atoms with Gasteiger partial charge in [0.1, 0.15) is 4.90 Å². The van der Waals surface area contributed by atoms with Gasteiger partial charge in [0, 0.05) is 6.54 Å². The summed E-state index contributed by atoms with van der Waals surface area (Å²) in [4.78, 5) is 0.0999. The summed E-state index contributed by atoms with van der Waals surface area (Å²) in [5.41, 5.74) is 6.43. The Morgan fingerprint density at radius 2 is 1.90 bits per heavy atom. The van der Waals surface area contributed by atoms with Gasteiger partial charge in [-0.25, -0.2) is 13.1 Å². The Morgan fingerprint density at radius 3 is 2.43 bits per heavy atom. The highest BCUT2D eigenvalue weighted by molar-refractivity contribution is 7.89. The lowest BCUT2D eigenvalue weighted by Gasteiger charge is -2.26. The van der Waals surface area contributed by atoms with Crippen molar-refractivity contribution < 1.29 is 13.5 Å². The van der Waals surface area contributed by atoms with Crippen LogP contribution in [0.5, 0.6) is 0 Å². The third kappa shape index (κ3) is 4.69. The van der Waals surface area contributed by atoms with Gasteiger partial charge in [0.05, 0.1) is 11.3 Å². The zero-order chi connectivity index (χ0) is 16.4. The minimum Gasteiger partial charge on any atom is -0.398 e. The molecule has 0 fully saturated rings. The highest BCUT2D eigenvalue weighted by Gasteiger charge is 2.27. The Bertz CT molecular complexity index is 608. The second-order valence-electron chi connectivity index (χ2n) is 6.35. The zero-order valence-corrected chi connectivity index (χ0v) is 14.2. The van der Waals surface area contributed by atoms with Crippen molar-refractivity contribution in [3.63, 3.8) is 0 Å². The maximum atomic E-state index is 12.5. The number of nitrogen functional groups attached to an aromatic ring is 1. The molecule has 5 nitrogen and oxygen atoms in total. The van der Waals surface area contributed by atoms with E-state index in [1.54, 1.807) is 26.0 Å². The summed E-state index contributed by atoms with van der Waals surface area (Å²) in [5.74, 6) is 0.273. The van der Waals surface area contributed by atoms with Crippen LogP contribution >= 0.6 is 0 Å². The Kier molecular flexibility index (Phi) is 5.41. The van der Waals surface area contributed by atoms with Crippen LogP contribution in [0.2, 0.25) is 0 Å². The molecule has 1 aromatic rings. The Hall–Kier alpha value is -1.11. The lowest BCUT2D eigenvalue weighted by Crippen LogP contribution is -2.41. The second-order valence-corrected chi connectivity index (χ2v) is 8.05. The smallest absolute Gasteiger partial charge is 0.242 e. The van der Waals surface area contributed by atoms with E-state index in [9.17, 15) is 13.5 Å². The van der Waals surface area contributed by atoms with Crippen LogP contribution < -0.4 is 10.5 Å². The molecule has 1 rings (SSSR count). The third-order valence-electron chi connectivity index (χ3n) is 3.47. The Morgan fingerprint density at radius 1 is 1.33 bits per heavy atom. The summed E-state index contributed by atoms with van der Waals surface area (Å²) in [6.45, 7) is 9.11. The summed E-state index contributed by atoms with van der Waals surface area (Å²) in [6.07, 6.45) is 0.512. The number of hydrogen-bond donors (Lipinski definition) is 3. The molecule has 4 N–H and O–H groups in total. The van der Waals surface area contributed by atoms with E-state index in [1.807, 2.05) is 20.8 Å². The van der Waals surface area contributed by atoms with Gasteiger partial charge in [-0.2, -0.15) is 0 Å². The molecule has 21 heavy (non-hydrogen) atoms. The zero-order valence-electron chi connectivity index (χ0n) is 13.4. The number of rotatable bonds is 6. The first-order valence-electron chi connectivity index (χ1n) is 7.04. The predicted molar refractivity (Wildman–Crippen MR) is 85.6 cm³/mol. The molecule has 0 bridgehead atoms. The molecule has 0 aliphatic rings. The molecule has 0 amide bonds. The minimum atomic E-state index is -3.75. The number of aliphatic hydroxyl groups is 1. The van der Waals surface area contributed by atoms with E-state index in [2.05, 4.69) is 4.72 Å². The van der Waals surface area contributed by atoms with Gasteiger partial charge in [-0.1, -0.05) is 19.9 Å². The normalized spacial score (nSPS) is 15.2. The van der Waals surface area contributed by atoms with Crippen molar-refractivity contribution in [1.29, 1.82) is 0 Å². The average molecular weight is 314 g/mol. The van der Waals surface area contributed by atoms with Gasteiger partial charge in [-0.3, -0.25) is 0 Å². The van der Waals surface area contributed by atoms with Gasteiger partial charge in [0.25, 0.3) is 0 Å². The van der Waals surface area contributed by atoms with Crippen molar-refractivity contribution in [2.45, 2.75) is 51.5 Å².